The van der Waals surface area contributed by atoms with Crippen LogP contribution in [0.2, 0.25) is 0 Å². The van der Waals surface area contributed by atoms with Gasteiger partial charge in [0.25, 0.3) is 0 Å². The van der Waals surface area contributed by atoms with Gasteiger partial charge in [-0.1, -0.05) is 24.3 Å². The first-order valence-electron chi connectivity index (χ1n) is 6.47. The summed E-state index contributed by atoms with van der Waals surface area (Å²) in [7, 11) is 1.62. The summed E-state index contributed by atoms with van der Waals surface area (Å²) in [5.41, 5.74) is 2.56. The third-order valence-corrected chi connectivity index (χ3v) is 3.18. The first-order valence-corrected chi connectivity index (χ1v) is 6.47. The minimum absolute atomic E-state index is 0.0769. The van der Waals surface area contributed by atoms with Crippen LogP contribution in [-0.2, 0) is 22.4 Å². The highest BCUT2D eigenvalue weighted by Crippen LogP contribution is 2.18. The van der Waals surface area contributed by atoms with E-state index in [2.05, 4.69) is 17.4 Å². The van der Waals surface area contributed by atoms with Crippen molar-refractivity contribution in [2.24, 2.45) is 0 Å². The van der Waals surface area contributed by atoms with E-state index in [0.717, 1.165) is 13.0 Å². The predicted molar refractivity (Wildman–Crippen MR) is 71.8 cm³/mol. The molecule has 0 unspecified atom stereocenters. The van der Waals surface area contributed by atoms with E-state index >= 15 is 0 Å². The van der Waals surface area contributed by atoms with Crippen LogP contribution in [0.25, 0.3) is 0 Å². The van der Waals surface area contributed by atoms with Crippen LogP contribution in [-0.4, -0.2) is 44.5 Å². The smallest absolute Gasteiger partial charge is 0.319 e. The Hall–Kier alpha value is -1.59. The van der Waals surface area contributed by atoms with Crippen LogP contribution in [0.4, 0.5) is 4.79 Å². The average molecular weight is 264 g/mol. The molecule has 1 aliphatic rings. The summed E-state index contributed by atoms with van der Waals surface area (Å²) < 4.78 is 10.1. The number of hydrogen-bond donors (Lipinski definition) is 1. The average Bonchev–Trinajstić information content (AvgIpc) is 2.46. The largest absolute Gasteiger partial charge is 0.382 e. The van der Waals surface area contributed by atoms with Crippen LogP contribution >= 0.6 is 0 Å². The Labute approximate surface area is 113 Å². The van der Waals surface area contributed by atoms with Gasteiger partial charge in [0.05, 0.1) is 13.2 Å². The zero-order chi connectivity index (χ0) is 13.5. The fraction of sp³-hybridized carbons (Fsp3) is 0.500. The van der Waals surface area contributed by atoms with E-state index in [1.54, 1.807) is 7.11 Å². The van der Waals surface area contributed by atoms with E-state index in [-0.39, 0.29) is 12.8 Å². The second kappa shape index (κ2) is 7.11. The predicted octanol–water partition coefficient (Wildman–Crippen LogP) is 1.37. The fourth-order valence-corrected chi connectivity index (χ4v) is 2.11. The topological polar surface area (TPSA) is 50.8 Å². The monoisotopic (exact) mass is 264 g/mol. The van der Waals surface area contributed by atoms with Gasteiger partial charge in [0.15, 0.2) is 0 Å². The standard InChI is InChI=1S/C14H20N2O3/c1-18-8-9-19-11-15-14(17)16-7-6-12-4-2-3-5-13(12)10-16/h2-5H,6-11H2,1H3,(H,15,17). The van der Waals surface area contributed by atoms with Crippen LogP contribution in [0.5, 0.6) is 0 Å². The number of amides is 2. The summed E-state index contributed by atoms with van der Waals surface area (Å²) in [5, 5.41) is 2.75. The zero-order valence-corrected chi connectivity index (χ0v) is 11.2. The van der Waals surface area contributed by atoms with Crippen molar-refractivity contribution in [1.82, 2.24) is 10.2 Å². The summed E-state index contributed by atoms with van der Waals surface area (Å²) in [6.45, 7) is 2.66. The number of nitrogens with one attached hydrogen (secondary N) is 1. The lowest BCUT2D eigenvalue weighted by Gasteiger charge is -2.28. The van der Waals surface area contributed by atoms with Crippen molar-refractivity contribution in [3.8, 4) is 0 Å². The van der Waals surface area contributed by atoms with Crippen molar-refractivity contribution in [3.63, 3.8) is 0 Å². The second-order valence-corrected chi connectivity index (χ2v) is 4.47. The molecule has 0 fully saturated rings. The van der Waals surface area contributed by atoms with E-state index in [9.17, 15) is 4.79 Å². The molecule has 0 aliphatic carbocycles. The van der Waals surface area contributed by atoms with Crippen molar-refractivity contribution in [1.29, 1.82) is 0 Å². The van der Waals surface area contributed by atoms with Crippen LogP contribution < -0.4 is 5.32 Å². The number of benzene rings is 1. The van der Waals surface area contributed by atoms with Crippen LogP contribution in [0.15, 0.2) is 24.3 Å². The number of methoxy groups -OCH3 is 1. The molecule has 0 bridgehead atoms. The van der Waals surface area contributed by atoms with E-state index in [4.69, 9.17) is 9.47 Å². The number of carbonyl (C=O) groups excluding carboxylic acids is 1. The molecule has 0 saturated heterocycles. The van der Waals surface area contributed by atoms with Gasteiger partial charge in [-0.2, -0.15) is 0 Å². The molecule has 0 aromatic heterocycles. The Morgan fingerprint density at radius 2 is 2.11 bits per heavy atom. The van der Waals surface area contributed by atoms with Gasteiger partial charge in [-0.25, -0.2) is 4.79 Å². The number of ether oxygens (including phenoxy) is 2. The Morgan fingerprint density at radius 1 is 1.32 bits per heavy atom. The molecule has 1 N–H and O–H groups in total. The van der Waals surface area contributed by atoms with E-state index < -0.39 is 0 Å². The van der Waals surface area contributed by atoms with Gasteiger partial charge < -0.3 is 19.7 Å². The summed E-state index contributed by atoms with van der Waals surface area (Å²) in [4.78, 5) is 13.8. The third kappa shape index (κ3) is 3.94. The minimum atomic E-state index is -0.0769. The summed E-state index contributed by atoms with van der Waals surface area (Å²) in [5.74, 6) is 0. The Morgan fingerprint density at radius 3 is 2.89 bits per heavy atom. The highest BCUT2D eigenvalue weighted by Gasteiger charge is 2.19. The molecular formula is C14H20N2O3. The first kappa shape index (κ1) is 13.8. The SMILES string of the molecule is COCCOCNC(=O)N1CCc2ccccc2C1. The van der Waals surface area contributed by atoms with Crippen molar-refractivity contribution < 1.29 is 14.3 Å². The van der Waals surface area contributed by atoms with Crippen molar-refractivity contribution in [3.05, 3.63) is 35.4 Å². The highest BCUT2D eigenvalue weighted by atomic mass is 16.5. The maximum Gasteiger partial charge on any atom is 0.319 e. The van der Waals surface area contributed by atoms with Crippen molar-refractivity contribution >= 4 is 6.03 Å². The number of urea groups is 1. The Balaban J connectivity index is 1.76. The molecular weight excluding hydrogens is 244 g/mol. The molecule has 2 amide bonds. The first-order chi connectivity index (χ1) is 9.31. The third-order valence-electron chi connectivity index (χ3n) is 3.18. The lowest BCUT2D eigenvalue weighted by molar-refractivity contribution is 0.0613. The van der Waals surface area contributed by atoms with Crippen LogP contribution in [0, 0.1) is 0 Å². The maximum absolute atomic E-state index is 11.9. The van der Waals surface area contributed by atoms with E-state index in [0.29, 0.717) is 19.8 Å². The van der Waals surface area contributed by atoms with Gasteiger partial charge >= 0.3 is 6.03 Å². The quantitative estimate of drug-likeness (QED) is 0.645. The highest BCUT2D eigenvalue weighted by molar-refractivity contribution is 5.74. The number of nitrogens with zero attached hydrogens (tertiary/aromatic N) is 1. The summed E-state index contributed by atoms with van der Waals surface area (Å²) >= 11 is 0. The molecule has 19 heavy (non-hydrogen) atoms. The molecule has 0 spiro atoms. The number of hydrogen-bond acceptors (Lipinski definition) is 3. The summed E-state index contributed by atoms with van der Waals surface area (Å²) in [6.07, 6.45) is 0.911. The molecule has 0 atom stereocenters. The Kier molecular flexibility index (Phi) is 5.18. The fourth-order valence-electron chi connectivity index (χ4n) is 2.11. The van der Waals surface area contributed by atoms with E-state index in [1.165, 1.54) is 11.1 Å². The number of rotatable bonds is 5. The maximum atomic E-state index is 11.9. The molecule has 5 heteroatoms. The van der Waals surface area contributed by atoms with Crippen molar-refractivity contribution in [2.45, 2.75) is 13.0 Å². The number of carbonyl (C=O) groups is 1. The normalized spacial score (nSPS) is 14.1. The van der Waals surface area contributed by atoms with Crippen LogP contribution in [0.1, 0.15) is 11.1 Å². The van der Waals surface area contributed by atoms with Crippen LogP contribution in [0.3, 0.4) is 0 Å². The molecule has 0 saturated carbocycles. The lowest BCUT2D eigenvalue weighted by Crippen LogP contribution is -2.43. The van der Waals surface area contributed by atoms with Gasteiger partial charge in [-0.05, 0) is 17.5 Å². The number of fused-ring (bicyclic) bond motifs is 1. The van der Waals surface area contributed by atoms with Gasteiger partial charge in [0, 0.05) is 20.2 Å². The molecule has 1 aromatic carbocycles. The molecule has 1 heterocycles. The minimum Gasteiger partial charge on any atom is -0.382 e. The molecule has 104 valence electrons. The zero-order valence-electron chi connectivity index (χ0n) is 11.2. The Bertz CT molecular complexity index is 423. The van der Waals surface area contributed by atoms with Gasteiger partial charge in [0.1, 0.15) is 6.73 Å². The van der Waals surface area contributed by atoms with Gasteiger partial charge in [0.2, 0.25) is 0 Å². The molecule has 2 rings (SSSR count). The lowest BCUT2D eigenvalue weighted by atomic mass is 10.0. The van der Waals surface area contributed by atoms with Gasteiger partial charge in [-0.15, -0.1) is 0 Å². The molecule has 0 radical (unpaired) electrons. The summed E-state index contributed by atoms with van der Waals surface area (Å²) in [6, 6.07) is 8.17. The molecule has 1 aliphatic heterocycles. The molecule has 5 nitrogen and oxygen atoms in total. The van der Waals surface area contributed by atoms with E-state index in [1.807, 2.05) is 17.0 Å². The second-order valence-electron chi connectivity index (χ2n) is 4.47. The van der Waals surface area contributed by atoms with Crippen molar-refractivity contribution in [2.75, 3.05) is 33.6 Å². The van der Waals surface area contributed by atoms with Gasteiger partial charge in [-0.3, -0.25) is 0 Å². The molecule has 1 aromatic rings.